The number of carbonyl (C=O) groups excluding carboxylic acids is 3. The van der Waals surface area contributed by atoms with Crippen LogP contribution < -0.4 is 4.90 Å². The standard InChI is InChI=1S/C22H18N2O3/c1-3-16-9-10-18-7-5-6-8-19(18)24(15-17(16)4-2)22(27)13-14-23-20(25)11-12-21(23)26/h3-8,11-12H,1-2,13-15H2/b17-16-. The van der Waals surface area contributed by atoms with Gasteiger partial charge in [0.15, 0.2) is 0 Å². The number of para-hydroxylation sites is 1. The molecule has 134 valence electrons. The molecule has 0 radical (unpaired) electrons. The third-order valence-electron chi connectivity index (χ3n) is 4.40. The Labute approximate surface area is 158 Å². The Kier molecular flexibility index (Phi) is 5.18. The molecule has 0 N–H and O–H groups in total. The molecule has 2 heterocycles. The number of anilines is 1. The van der Waals surface area contributed by atoms with E-state index < -0.39 is 11.8 Å². The molecule has 3 rings (SSSR count). The Bertz CT molecular complexity index is 955. The van der Waals surface area contributed by atoms with Gasteiger partial charge in [-0.15, -0.1) is 0 Å². The van der Waals surface area contributed by atoms with E-state index in [9.17, 15) is 14.4 Å². The van der Waals surface area contributed by atoms with Crippen LogP contribution in [0.3, 0.4) is 0 Å². The smallest absolute Gasteiger partial charge is 0.253 e. The molecule has 5 nitrogen and oxygen atoms in total. The van der Waals surface area contributed by atoms with Crippen LogP contribution in [0.5, 0.6) is 0 Å². The second-order valence-electron chi connectivity index (χ2n) is 6.01. The summed E-state index contributed by atoms with van der Waals surface area (Å²) in [6.45, 7) is 7.93. The molecule has 0 atom stereocenters. The number of imide groups is 1. The lowest BCUT2D eigenvalue weighted by molar-refractivity contribution is -0.137. The summed E-state index contributed by atoms with van der Waals surface area (Å²) >= 11 is 0. The number of carbonyl (C=O) groups is 3. The lowest BCUT2D eigenvalue weighted by atomic mass is 10.0. The Morgan fingerprint density at radius 1 is 1.07 bits per heavy atom. The fourth-order valence-corrected chi connectivity index (χ4v) is 2.94. The first kappa shape index (κ1) is 18.2. The zero-order valence-corrected chi connectivity index (χ0v) is 14.8. The van der Waals surface area contributed by atoms with Gasteiger partial charge in [-0.05, 0) is 17.7 Å². The van der Waals surface area contributed by atoms with E-state index in [1.807, 2.05) is 24.3 Å². The maximum Gasteiger partial charge on any atom is 0.253 e. The molecule has 0 aromatic heterocycles. The topological polar surface area (TPSA) is 57.7 Å². The minimum atomic E-state index is -0.396. The predicted molar refractivity (Wildman–Crippen MR) is 104 cm³/mol. The van der Waals surface area contributed by atoms with Crippen LogP contribution in [0.15, 0.2) is 72.9 Å². The molecule has 0 bridgehead atoms. The van der Waals surface area contributed by atoms with Crippen molar-refractivity contribution in [3.8, 4) is 11.8 Å². The van der Waals surface area contributed by atoms with Gasteiger partial charge in [-0.25, -0.2) is 0 Å². The van der Waals surface area contributed by atoms with Crippen molar-refractivity contribution >= 4 is 23.4 Å². The van der Waals surface area contributed by atoms with Gasteiger partial charge < -0.3 is 4.90 Å². The summed E-state index contributed by atoms with van der Waals surface area (Å²) in [6, 6.07) is 7.37. The second-order valence-corrected chi connectivity index (χ2v) is 6.01. The van der Waals surface area contributed by atoms with Gasteiger partial charge in [0.25, 0.3) is 11.8 Å². The molecule has 0 spiro atoms. The lowest BCUT2D eigenvalue weighted by Gasteiger charge is -2.27. The largest absolute Gasteiger partial charge is 0.307 e. The predicted octanol–water partition coefficient (Wildman–Crippen LogP) is 2.37. The summed E-state index contributed by atoms with van der Waals surface area (Å²) in [7, 11) is 0. The number of hydrogen-bond donors (Lipinski definition) is 0. The van der Waals surface area contributed by atoms with Crippen LogP contribution in [0, 0.1) is 11.8 Å². The highest BCUT2D eigenvalue weighted by molar-refractivity contribution is 6.13. The summed E-state index contributed by atoms with van der Waals surface area (Å²) < 4.78 is 0. The van der Waals surface area contributed by atoms with Gasteiger partial charge >= 0.3 is 0 Å². The van der Waals surface area contributed by atoms with Crippen molar-refractivity contribution in [1.82, 2.24) is 4.90 Å². The van der Waals surface area contributed by atoms with Crippen LogP contribution in [0.4, 0.5) is 5.69 Å². The number of amides is 3. The molecule has 1 aromatic rings. The zero-order valence-electron chi connectivity index (χ0n) is 14.8. The summed E-state index contributed by atoms with van der Waals surface area (Å²) in [6.07, 6.45) is 5.76. The molecule has 2 aliphatic rings. The first-order chi connectivity index (χ1) is 13.0. The van der Waals surface area contributed by atoms with Crippen molar-refractivity contribution in [2.24, 2.45) is 0 Å². The third kappa shape index (κ3) is 3.65. The Hall–Kier alpha value is -3.65. The quantitative estimate of drug-likeness (QED) is 0.600. The first-order valence-corrected chi connectivity index (χ1v) is 8.48. The van der Waals surface area contributed by atoms with Gasteiger partial charge in [0.2, 0.25) is 5.91 Å². The molecule has 0 saturated carbocycles. The highest BCUT2D eigenvalue weighted by Crippen LogP contribution is 2.25. The van der Waals surface area contributed by atoms with E-state index in [2.05, 4.69) is 25.0 Å². The molecule has 2 aliphatic heterocycles. The maximum absolute atomic E-state index is 13.0. The molecular weight excluding hydrogens is 340 g/mol. The number of benzene rings is 1. The van der Waals surface area contributed by atoms with E-state index in [0.29, 0.717) is 11.3 Å². The molecule has 0 fully saturated rings. The van der Waals surface area contributed by atoms with E-state index in [1.54, 1.807) is 17.1 Å². The summed E-state index contributed by atoms with van der Waals surface area (Å²) in [5.41, 5.74) is 2.92. The van der Waals surface area contributed by atoms with Gasteiger partial charge in [0.05, 0.1) is 12.2 Å². The molecule has 27 heavy (non-hydrogen) atoms. The van der Waals surface area contributed by atoms with Gasteiger partial charge in [0.1, 0.15) is 0 Å². The van der Waals surface area contributed by atoms with Crippen LogP contribution in [0.1, 0.15) is 12.0 Å². The van der Waals surface area contributed by atoms with Crippen molar-refractivity contribution in [2.75, 3.05) is 18.0 Å². The van der Waals surface area contributed by atoms with Crippen molar-refractivity contribution in [1.29, 1.82) is 0 Å². The van der Waals surface area contributed by atoms with Gasteiger partial charge in [-0.2, -0.15) is 0 Å². The first-order valence-electron chi connectivity index (χ1n) is 8.48. The van der Waals surface area contributed by atoms with Gasteiger partial charge in [-0.3, -0.25) is 19.3 Å². The number of allylic oxidation sites excluding steroid dienone is 2. The SMILES string of the molecule is C=C/C1=C(\C=C)CN(C(=O)CCN2C(=O)C=CC2=O)c2ccccc2C#C1. The zero-order chi connectivity index (χ0) is 19.4. The third-order valence-corrected chi connectivity index (χ3v) is 4.40. The molecule has 3 amide bonds. The monoisotopic (exact) mass is 358 g/mol. The molecular formula is C22H18N2O3. The van der Waals surface area contributed by atoms with Crippen LogP contribution in [0.2, 0.25) is 0 Å². The number of fused-ring (bicyclic) bond motifs is 1. The summed E-state index contributed by atoms with van der Waals surface area (Å²) in [4.78, 5) is 39.0. The van der Waals surface area contributed by atoms with E-state index in [4.69, 9.17) is 0 Å². The van der Waals surface area contributed by atoms with Crippen molar-refractivity contribution in [3.63, 3.8) is 0 Å². The highest BCUT2D eigenvalue weighted by Gasteiger charge is 2.26. The average Bonchev–Trinajstić information content (AvgIpc) is 2.99. The minimum Gasteiger partial charge on any atom is -0.307 e. The molecule has 0 unspecified atom stereocenters. The Balaban J connectivity index is 1.90. The van der Waals surface area contributed by atoms with Crippen LogP contribution in [-0.4, -0.2) is 35.7 Å². The van der Waals surface area contributed by atoms with Crippen molar-refractivity contribution in [3.05, 3.63) is 78.4 Å². The maximum atomic E-state index is 13.0. The van der Waals surface area contributed by atoms with Crippen LogP contribution in [-0.2, 0) is 14.4 Å². The highest BCUT2D eigenvalue weighted by atomic mass is 16.2. The summed E-state index contributed by atoms with van der Waals surface area (Å²) in [5.74, 6) is 5.15. The fourth-order valence-electron chi connectivity index (χ4n) is 2.94. The van der Waals surface area contributed by atoms with Crippen LogP contribution >= 0.6 is 0 Å². The normalized spacial score (nSPS) is 18.4. The Morgan fingerprint density at radius 3 is 2.44 bits per heavy atom. The minimum absolute atomic E-state index is 0.0226. The number of hydrogen-bond acceptors (Lipinski definition) is 3. The number of rotatable bonds is 5. The van der Waals surface area contributed by atoms with E-state index in [-0.39, 0.29) is 25.4 Å². The van der Waals surface area contributed by atoms with Gasteiger partial charge in [0, 0.05) is 36.3 Å². The molecule has 0 saturated heterocycles. The second kappa shape index (κ2) is 7.71. The summed E-state index contributed by atoms with van der Waals surface area (Å²) in [5, 5.41) is 0. The van der Waals surface area contributed by atoms with Crippen LogP contribution in [0.25, 0.3) is 0 Å². The van der Waals surface area contributed by atoms with Crippen molar-refractivity contribution < 1.29 is 14.4 Å². The van der Waals surface area contributed by atoms with E-state index >= 15 is 0 Å². The van der Waals surface area contributed by atoms with E-state index in [0.717, 1.165) is 16.0 Å². The van der Waals surface area contributed by atoms with Gasteiger partial charge in [-0.1, -0.05) is 49.3 Å². The molecule has 5 heteroatoms. The molecule has 1 aromatic carbocycles. The lowest BCUT2D eigenvalue weighted by Crippen LogP contribution is -2.38. The number of nitrogens with zero attached hydrogens (tertiary/aromatic N) is 2. The van der Waals surface area contributed by atoms with E-state index in [1.165, 1.54) is 12.2 Å². The van der Waals surface area contributed by atoms with Crippen molar-refractivity contribution in [2.45, 2.75) is 6.42 Å². The molecule has 0 aliphatic carbocycles. The fraction of sp³-hybridized carbons (Fsp3) is 0.136. The Morgan fingerprint density at radius 2 is 1.78 bits per heavy atom. The average molecular weight is 358 g/mol.